The van der Waals surface area contributed by atoms with Crippen LogP contribution in [0.4, 0.5) is 0 Å². The molecule has 0 aromatic carbocycles. The molecule has 1 aliphatic rings. The van der Waals surface area contributed by atoms with Crippen molar-refractivity contribution in [3.05, 3.63) is 17.5 Å². The van der Waals surface area contributed by atoms with Gasteiger partial charge in [-0.15, -0.1) is 0 Å². The normalized spacial score (nSPS) is 24.1. The minimum absolute atomic E-state index is 0.608. The maximum absolute atomic E-state index is 4.43. The Morgan fingerprint density at radius 3 is 3.08 bits per heavy atom. The number of hydrogen-bond acceptors (Lipinski definition) is 2. The van der Waals surface area contributed by atoms with Gasteiger partial charge in [-0.2, -0.15) is 5.10 Å². The summed E-state index contributed by atoms with van der Waals surface area (Å²) in [5.41, 5.74) is 2.47. The van der Waals surface area contributed by atoms with Crippen LogP contribution in [0.15, 0.2) is 6.07 Å². The summed E-state index contributed by atoms with van der Waals surface area (Å²) in [6.07, 6.45) is 0. The summed E-state index contributed by atoms with van der Waals surface area (Å²) in [6, 6.07) is 2.78. The Morgan fingerprint density at radius 2 is 2.33 bits per heavy atom. The van der Waals surface area contributed by atoms with Gasteiger partial charge in [-0.3, -0.25) is 9.58 Å². The van der Waals surface area contributed by atoms with Gasteiger partial charge in [0.15, 0.2) is 0 Å². The molecule has 3 nitrogen and oxygen atoms in total. The van der Waals surface area contributed by atoms with Gasteiger partial charge in [-0.1, -0.05) is 0 Å². The molecule has 0 saturated carbocycles. The zero-order valence-corrected chi connectivity index (χ0v) is 7.91. The largest absolute Gasteiger partial charge is 0.296 e. The lowest BCUT2D eigenvalue weighted by atomic mass is 10.2. The Labute approximate surface area is 73.0 Å². The van der Waals surface area contributed by atoms with Crippen LogP contribution in [0.2, 0.25) is 0 Å². The van der Waals surface area contributed by atoms with E-state index in [9.17, 15) is 0 Å². The second-order valence-electron chi connectivity index (χ2n) is 3.72. The standard InChI is InChI=1S/C9H15N3/c1-7-4-9-6-11(3)8(2)5-12(9)10-7/h4,8H,5-6H2,1-3H3. The predicted molar refractivity (Wildman–Crippen MR) is 47.9 cm³/mol. The first-order chi connectivity index (χ1) is 5.66. The lowest BCUT2D eigenvalue weighted by Gasteiger charge is -2.30. The number of fused-ring (bicyclic) bond motifs is 1. The Morgan fingerprint density at radius 1 is 1.58 bits per heavy atom. The van der Waals surface area contributed by atoms with Crippen molar-refractivity contribution in [3.8, 4) is 0 Å². The average molecular weight is 165 g/mol. The number of aromatic nitrogens is 2. The number of aryl methyl sites for hydroxylation is 1. The molecule has 3 heteroatoms. The molecule has 1 aromatic heterocycles. The quantitative estimate of drug-likeness (QED) is 0.572. The summed E-state index contributed by atoms with van der Waals surface area (Å²) in [7, 11) is 2.16. The van der Waals surface area contributed by atoms with Gasteiger partial charge >= 0.3 is 0 Å². The third-order valence-corrected chi connectivity index (χ3v) is 2.59. The first-order valence-corrected chi connectivity index (χ1v) is 4.40. The lowest BCUT2D eigenvalue weighted by molar-refractivity contribution is 0.183. The van der Waals surface area contributed by atoms with Crippen molar-refractivity contribution in [2.75, 3.05) is 7.05 Å². The second-order valence-corrected chi connectivity index (χ2v) is 3.72. The second kappa shape index (κ2) is 2.59. The van der Waals surface area contributed by atoms with E-state index in [1.54, 1.807) is 0 Å². The SMILES string of the molecule is Cc1cc2n(n1)CC(C)N(C)C2. The molecule has 1 aromatic rings. The van der Waals surface area contributed by atoms with Gasteiger partial charge in [0.1, 0.15) is 0 Å². The molecular formula is C9H15N3. The summed E-state index contributed by atoms with van der Waals surface area (Å²) in [6.45, 7) is 6.34. The summed E-state index contributed by atoms with van der Waals surface area (Å²) < 4.78 is 2.12. The maximum atomic E-state index is 4.43. The highest BCUT2D eigenvalue weighted by molar-refractivity contribution is 5.10. The van der Waals surface area contributed by atoms with Crippen LogP contribution in [-0.4, -0.2) is 27.8 Å². The minimum Gasteiger partial charge on any atom is -0.296 e. The molecule has 0 N–H and O–H groups in total. The van der Waals surface area contributed by atoms with Crippen LogP contribution in [-0.2, 0) is 13.1 Å². The van der Waals surface area contributed by atoms with Crippen LogP contribution in [0.1, 0.15) is 18.3 Å². The Balaban J connectivity index is 2.33. The van der Waals surface area contributed by atoms with Crippen molar-refractivity contribution in [2.24, 2.45) is 0 Å². The van der Waals surface area contributed by atoms with Crippen molar-refractivity contribution in [2.45, 2.75) is 33.0 Å². The first-order valence-electron chi connectivity index (χ1n) is 4.40. The number of nitrogens with zero attached hydrogens (tertiary/aromatic N) is 3. The molecule has 2 rings (SSSR count). The molecule has 0 aliphatic carbocycles. The van der Waals surface area contributed by atoms with E-state index in [-0.39, 0.29) is 0 Å². The van der Waals surface area contributed by atoms with Crippen LogP contribution in [0.5, 0.6) is 0 Å². The van der Waals surface area contributed by atoms with Gasteiger partial charge < -0.3 is 0 Å². The van der Waals surface area contributed by atoms with E-state index in [0.717, 1.165) is 18.8 Å². The van der Waals surface area contributed by atoms with E-state index in [4.69, 9.17) is 0 Å². The number of likely N-dealkylation sites (N-methyl/N-ethyl adjacent to an activating group) is 1. The molecule has 1 unspecified atom stereocenters. The van der Waals surface area contributed by atoms with Gasteiger partial charge in [-0.25, -0.2) is 0 Å². The van der Waals surface area contributed by atoms with Crippen molar-refractivity contribution in [1.29, 1.82) is 0 Å². The van der Waals surface area contributed by atoms with E-state index >= 15 is 0 Å². The molecule has 0 bridgehead atoms. The van der Waals surface area contributed by atoms with E-state index in [1.807, 2.05) is 0 Å². The van der Waals surface area contributed by atoms with E-state index in [1.165, 1.54) is 5.69 Å². The fourth-order valence-corrected chi connectivity index (χ4v) is 1.69. The molecule has 0 saturated heterocycles. The minimum atomic E-state index is 0.608. The fraction of sp³-hybridized carbons (Fsp3) is 0.667. The number of rotatable bonds is 0. The summed E-state index contributed by atoms with van der Waals surface area (Å²) in [4.78, 5) is 2.36. The molecular weight excluding hydrogens is 150 g/mol. The average Bonchev–Trinajstić information content (AvgIpc) is 2.30. The summed E-state index contributed by atoms with van der Waals surface area (Å²) >= 11 is 0. The maximum Gasteiger partial charge on any atom is 0.0597 e. The highest BCUT2D eigenvalue weighted by Gasteiger charge is 2.20. The zero-order valence-electron chi connectivity index (χ0n) is 7.91. The van der Waals surface area contributed by atoms with Crippen LogP contribution < -0.4 is 0 Å². The Kier molecular flexibility index (Phi) is 1.68. The smallest absolute Gasteiger partial charge is 0.0597 e. The number of hydrogen-bond donors (Lipinski definition) is 0. The molecule has 0 spiro atoms. The molecule has 0 fully saturated rings. The lowest BCUT2D eigenvalue weighted by Crippen LogP contribution is -2.38. The first kappa shape index (κ1) is 7.80. The van der Waals surface area contributed by atoms with Crippen LogP contribution >= 0.6 is 0 Å². The molecule has 1 atom stereocenters. The monoisotopic (exact) mass is 165 g/mol. The van der Waals surface area contributed by atoms with Crippen molar-refractivity contribution < 1.29 is 0 Å². The van der Waals surface area contributed by atoms with Crippen molar-refractivity contribution in [3.63, 3.8) is 0 Å². The highest BCUT2D eigenvalue weighted by atomic mass is 15.3. The topological polar surface area (TPSA) is 21.1 Å². The van der Waals surface area contributed by atoms with Gasteiger partial charge in [0, 0.05) is 12.6 Å². The Hall–Kier alpha value is -0.830. The van der Waals surface area contributed by atoms with E-state index in [2.05, 4.69) is 41.6 Å². The predicted octanol–water partition coefficient (Wildman–Crippen LogP) is 1.03. The van der Waals surface area contributed by atoms with Crippen molar-refractivity contribution in [1.82, 2.24) is 14.7 Å². The Bertz CT molecular complexity index is 262. The van der Waals surface area contributed by atoms with Gasteiger partial charge in [0.2, 0.25) is 0 Å². The molecule has 0 amide bonds. The molecule has 0 radical (unpaired) electrons. The molecule has 66 valence electrons. The zero-order chi connectivity index (χ0) is 8.72. The van der Waals surface area contributed by atoms with Gasteiger partial charge in [0.25, 0.3) is 0 Å². The van der Waals surface area contributed by atoms with Gasteiger partial charge in [0.05, 0.1) is 17.9 Å². The van der Waals surface area contributed by atoms with E-state index in [0.29, 0.717) is 6.04 Å². The van der Waals surface area contributed by atoms with Crippen molar-refractivity contribution >= 4 is 0 Å². The van der Waals surface area contributed by atoms with E-state index < -0.39 is 0 Å². The fourth-order valence-electron chi connectivity index (χ4n) is 1.69. The summed E-state index contributed by atoms with van der Waals surface area (Å²) in [5.74, 6) is 0. The van der Waals surface area contributed by atoms with Gasteiger partial charge in [-0.05, 0) is 27.0 Å². The third-order valence-electron chi connectivity index (χ3n) is 2.59. The molecule has 12 heavy (non-hydrogen) atoms. The highest BCUT2D eigenvalue weighted by Crippen LogP contribution is 2.15. The molecule has 1 aliphatic heterocycles. The summed E-state index contributed by atoms with van der Waals surface area (Å²) in [5, 5.41) is 4.43. The molecule has 2 heterocycles. The van der Waals surface area contributed by atoms with Crippen LogP contribution in [0.25, 0.3) is 0 Å². The van der Waals surface area contributed by atoms with Crippen LogP contribution in [0, 0.1) is 6.92 Å². The third kappa shape index (κ3) is 1.14. The van der Waals surface area contributed by atoms with Crippen LogP contribution in [0.3, 0.4) is 0 Å².